The Hall–Kier alpha value is -2.02. The van der Waals surface area contributed by atoms with Gasteiger partial charge < -0.3 is 15.6 Å². The van der Waals surface area contributed by atoms with Crippen LogP contribution < -0.4 is 5.73 Å². The lowest BCUT2D eigenvalue weighted by molar-refractivity contribution is -0.142. The van der Waals surface area contributed by atoms with Crippen molar-refractivity contribution in [3.05, 3.63) is 29.3 Å². The highest BCUT2D eigenvalue weighted by atomic mass is 19.1. The summed E-state index contributed by atoms with van der Waals surface area (Å²) in [5, 5.41) is 8.63. The first-order valence-corrected chi connectivity index (χ1v) is 5.03. The molecular weight excluding hydrogens is 243 g/mol. The zero-order valence-corrected chi connectivity index (χ0v) is 9.94. The summed E-state index contributed by atoms with van der Waals surface area (Å²) >= 11 is 0. The summed E-state index contributed by atoms with van der Waals surface area (Å²) in [6.45, 7) is 1.50. The second-order valence-electron chi connectivity index (χ2n) is 4.03. The lowest BCUT2D eigenvalue weighted by Gasteiger charge is -2.23. The summed E-state index contributed by atoms with van der Waals surface area (Å²) in [5.74, 6) is -3.02. The smallest absolute Gasteiger partial charge is 0.357 e. The summed E-state index contributed by atoms with van der Waals surface area (Å²) < 4.78 is 17.9. The molecule has 98 valence electrons. The lowest BCUT2D eigenvalue weighted by Crippen LogP contribution is -2.36. The van der Waals surface area contributed by atoms with Crippen molar-refractivity contribution in [1.29, 1.82) is 0 Å². The van der Waals surface area contributed by atoms with Crippen molar-refractivity contribution in [2.24, 2.45) is 5.73 Å². The Morgan fingerprint density at radius 2 is 2.22 bits per heavy atom. The van der Waals surface area contributed by atoms with Crippen LogP contribution in [-0.2, 0) is 15.1 Å². The van der Waals surface area contributed by atoms with Crippen molar-refractivity contribution in [3.63, 3.8) is 0 Å². The van der Waals surface area contributed by atoms with Gasteiger partial charge in [-0.25, -0.2) is 14.2 Å². The van der Waals surface area contributed by atoms with Gasteiger partial charge in [0.05, 0.1) is 19.1 Å². The van der Waals surface area contributed by atoms with E-state index in [-0.39, 0.29) is 12.0 Å². The van der Waals surface area contributed by atoms with Crippen LogP contribution in [0.1, 0.15) is 29.4 Å². The van der Waals surface area contributed by atoms with Crippen molar-refractivity contribution in [3.8, 4) is 0 Å². The van der Waals surface area contributed by atoms with Crippen molar-refractivity contribution in [2.75, 3.05) is 7.11 Å². The minimum Gasteiger partial charge on any atom is -0.476 e. The third-order valence-electron chi connectivity index (χ3n) is 2.44. The molecule has 0 radical (unpaired) electrons. The van der Waals surface area contributed by atoms with Crippen molar-refractivity contribution in [1.82, 2.24) is 4.98 Å². The van der Waals surface area contributed by atoms with E-state index in [9.17, 15) is 14.0 Å². The molecule has 1 aromatic heterocycles. The summed E-state index contributed by atoms with van der Waals surface area (Å²) in [4.78, 5) is 25.2. The predicted octanol–water partition coefficient (Wildman–Crippen LogP) is 0.656. The zero-order valence-electron chi connectivity index (χ0n) is 9.94. The third-order valence-corrected chi connectivity index (χ3v) is 2.44. The molecule has 0 aliphatic rings. The van der Waals surface area contributed by atoms with Crippen LogP contribution in [0.2, 0.25) is 0 Å². The summed E-state index contributed by atoms with van der Waals surface area (Å²) in [6.07, 6.45) is 0.965. The number of halogens is 1. The van der Waals surface area contributed by atoms with Gasteiger partial charge in [0.15, 0.2) is 11.5 Å². The number of ether oxygens (including phenoxy) is 1. The van der Waals surface area contributed by atoms with Gasteiger partial charge in [-0.05, 0) is 18.6 Å². The molecule has 1 aromatic rings. The van der Waals surface area contributed by atoms with Crippen molar-refractivity contribution in [2.45, 2.75) is 18.9 Å². The predicted molar refractivity (Wildman–Crippen MR) is 59.3 cm³/mol. The standard InChI is InChI=1S/C11H13FN2O4/c1-11(13,4-8(15)18-2)6-3-7(12)9(10(16)17)14-5-6/h3,5H,4,13H2,1-2H3,(H,16,17)/t11-/m1/s1. The van der Waals surface area contributed by atoms with Crippen LogP contribution >= 0.6 is 0 Å². The number of esters is 1. The number of pyridine rings is 1. The number of nitrogens with two attached hydrogens (primary N) is 1. The van der Waals surface area contributed by atoms with Gasteiger partial charge >= 0.3 is 11.9 Å². The maximum absolute atomic E-state index is 13.4. The first-order valence-electron chi connectivity index (χ1n) is 5.03. The molecule has 3 N–H and O–H groups in total. The molecule has 0 aromatic carbocycles. The first-order chi connectivity index (χ1) is 8.27. The topological polar surface area (TPSA) is 103 Å². The normalized spacial score (nSPS) is 13.8. The van der Waals surface area contributed by atoms with Crippen LogP contribution in [0, 0.1) is 5.82 Å². The van der Waals surface area contributed by atoms with Crippen molar-refractivity contribution >= 4 is 11.9 Å². The minimum atomic E-state index is -1.47. The van der Waals surface area contributed by atoms with Crippen molar-refractivity contribution < 1.29 is 23.8 Å². The molecule has 0 aliphatic carbocycles. The van der Waals surface area contributed by atoms with Crippen LogP contribution in [0.25, 0.3) is 0 Å². The van der Waals surface area contributed by atoms with E-state index < -0.39 is 29.0 Å². The molecule has 0 unspecified atom stereocenters. The lowest BCUT2D eigenvalue weighted by atomic mass is 9.91. The Morgan fingerprint density at radius 3 is 2.67 bits per heavy atom. The SMILES string of the molecule is COC(=O)C[C@@](C)(N)c1cnc(C(=O)O)c(F)c1. The highest BCUT2D eigenvalue weighted by Gasteiger charge is 2.27. The van der Waals surface area contributed by atoms with Gasteiger partial charge in [-0.1, -0.05) is 0 Å². The molecule has 0 saturated heterocycles. The molecule has 7 heteroatoms. The number of carbonyl (C=O) groups is 2. The van der Waals surface area contributed by atoms with Gasteiger partial charge in [0.1, 0.15) is 0 Å². The van der Waals surface area contributed by atoms with Crippen LogP contribution in [-0.4, -0.2) is 29.1 Å². The second kappa shape index (κ2) is 5.09. The molecule has 0 amide bonds. The Labute approximate surface area is 103 Å². The van der Waals surface area contributed by atoms with E-state index in [0.717, 1.165) is 12.3 Å². The first kappa shape index (κ1) is 14.0. The number of aromatic carboxylic acids is 1. The molecule has 1 rings (SSSR count). The molecule has 18 heavy (non-hydrogen) atoms. The molecule has 1 atom stereocenters. The molecule has 0 bridgehead atoms. The number of aromatic nitrogens is 1. The average molecular weight is 256 g/mol. The third kappa shape index (κ3) is 3.01. The van der Waals surface area contributed by atoms with E-state index in [2.05, 4.69) is 9.72 Å². The van der Waals surface area contributed by atoms with Gasteiger partial charge in [-0.3, -0.25) is 4.79 Å². The summed E-state index contributed by atoms with van der Waals surface area (Å²) in [5.41, 5.74) is 4.20. The number of carboxylic acids is 1. The van der Waals surface area contributed by atoms with Gasteiger partial charge in [-0.15, -0.1) is 0 Å². The number of rotatable bonds is 4. The van der Waals surface area contributed by atoms with E-state index in [1.54, 1.807) is 0 Å². The van der Waals surface area contributed by atoms with Gasteiger partial charge in [0, 0.05) is 6.20 Å². The molecule has 0 spiro atoms. The van der Waals surface area contributed by atoms with Gasteiger partial charge in [0.25, 0.3) is 0 Å². The monoisotopic (exact) mass is 256 g/mol. The van der Waals surface area contributed by atoms with E-state index in [1.165, 1.54) is 14.0 Å². The average Bonchev–Trinajstić information content (AvgIpc) is 2.27. The Morgan fingerprint density at radius 1 is 1.61 bits per heavy atom. The van der Waals surface area contributed by atoms with Crippen LogP contribution in [0.3, 0.4) is 0 Å². The number of nitrogens with zero attached hydrogens (tertiary/aromatic N) is 1. The largest absolute Gasteiger partial charge is 0.476 e. The molecule has 0 aliphatic heterocycles. The number of carbonyl (C=O) groups excluding carboxylic acids is 1. The fourth-order valence-electron chi connectivity index (χ4n) is 1.38. The summed E-state index contributed by atoms with van der Waals surface area (Å²) in [7, 11) is 1.21. The maximum atomic E-state index is 13.4. The van der Waals surface area contributed by atoms with Crippen LogP contribution in [0.15, 0.2) is 12.3 Å². The van der Waals surface area contributed by atoms with Crippen LogP contribution in [0.4, 0.5) is 4.39 Å². The zero-order chi connectivity index (χ0) is 13.9. The fourth-order valence-corrected chi connectivity index (χ4v) is 1.38. The molecule has 0 fully saturated rings. The Kier molecular flexibility index (Phi) is 3.97. The number of hydrogen-bond donors (Lipinski definition) is 2. The summed E-state index contributed by atoms with van der Waals surface area (Å²) in [6, 6.07) is 0.958. The highest BCUT2D eigenvalue weighted by molar-refractivity contribution is 5.85. The van der Waals surface area contributed by atoms with E-state index >= 15 is 0 Å². The van der Waals surface area contributed by atoms with E-state index in [0.29, 0.717) is 0 Å². The van der Waals surface area contributed by atoms with E-state index in [4.69, 9.17) is 10.8 Å². The Balaban J connectivity index is 3.07. The molecule has 1 heterocycles. The number of methoxy groups -OCH3 is 1. The fraction of sp³-hybridized carbons (Fsp3) is 0.364. The highest BCUT2D eigenvalue weighted by Crippen LogP contribution is 2.23. The molecular formula is C11H13FN2O4. The minimum absolute atomic E-state index is 0.170. The van der Waals surface area contributed by atoms with Gasteiger partial charge in [-0.2, -0.15) is 0 Å². The molecule has 0 saturated carbocycles. The van der Waals surface area contributed by atoms with Crippen LogP contribution in [0.5, 0.6) is 0 Å². The second-order valence-corrected chi connectivity index (χ2v) is 4.03. The number of hydrogen-bond acceptors (Lipinski definition) is 5. The Bertz CT molecular complexity index is 488. The van der Waals surface area contributed by atoms with E-state index in [1.807, 2.05) is 0 Å². The van der Waals surface area contributed by atoms with Gasteiger partial charge in [0.2, 0.25) is 0 Å². The maximum Gasteiger partial charge on any atom is 0.357 e. The number of carboxylic acid groups (broad SMARTS) is 1. The molecule has 6 nitrogen and oxygen atoms in total. The quantitative estimate of drug-likeness (QED) is 0.767.